The van der Waals surface area contributed by atoms with Gasteiger partial charge in [0.15, 0.2) is 11.6 Å². The van der Waals surface area contributed by atoms with E-state index in [1.807, 2.05) is 42.9 Å². The first-order valence-electron chi connectivity index (χ1n) is 11.3. The van der Waals surface area contributed by atoms with Crippen LogP contribution in [0.1, 0.15) is 21.5 Å². The minimum Gasteiger partial charge on any atom is -0.346 e. The summed E-state index contributed by atoms with van der Waals surface area (Å²) in [5, 5.41) is 5.79. The van der Waals surface area contributed by atoms with Gasteiger partial charge in [0.2, 0.25) is 0 Å². The lowest BCUT2D eigenvalue weighted by molar-refractivity contribution is -0.137. The molecule has 2 aromatic carbocycles. The van der Waals surface area contributed by atoms with Crippen LogP contribution in [-0.4, -0.2) is 25.4 Å². The number of nitrogens with zero attached hydrogens (tertiary/aromatic N) is 4. The molecule has 0 spiro atoms. The number of fused-ring (bicyclic) bond motifs is 1. The average Bonchev–Trinajstić information content (AvgIpc) is 3.24. The quantitative estimate of drug-likeness (QED) is 0.292. The minimum atomic E-state index is -4.51. The van der Waals surface area contributed by atoms with Gasteiger partial charge in [-0.15, -0.1) is 0 Å². The summed E-state index contributed by atoms with van der Waals surface area (Å²) in [6.45, 7) is 1.96. The van der Waals surface area contributed by atoms with Crippen LogP contribution in [0.4, 0.5) is 30.5 Å². The molecule has 0 saturated carbocycles. The third kappa shape index (κ3) is 5.13. The molecule has 5 rings (SSSR count). The van der Waals surface area contributed by atoms with Crippen LogP contribution in [0.2, 0.25) is 0 Å². The Morgan fingerprint density at radius 3 is 2.57 bits per heavy atom. The summed E-state index contributed by atoms with van der Waals surface area (Å²) in [4.78, 5) is 26.6. The van der Waals surface area contributed by atoms with Crippen LogP contribution in [0.3, 0.4) is 0 Å². The van der Waals surface area contributed by atoms with Crippen molar-refractivity contribution >= 4 is 34.3 Å². The number of rotatable bonds is 5. The minimum absolute atomic E-state index is 0.0457. The van der Waals surface area contributed by atoms with Gasteiger partial charge in [0.1, 0.15) is 11.3 Å². The largest absolute Gasteiger partial charge is 0.416 e. The van der Waals surface area contributed by atoms with Gasteiger partial charge in [-0.1, -0.05) is 18.2 Å². The summed E-state index contributed by atoms with van der Waals surface area (Å²) in [7, 11) is 1.89. The Kier molecular flexibility index (Phi) is 6.08. The average molecular weight is 503 g/mol. The molecular formula is C27H21F3N6O. The van der Waals surface area contributed by atoms with Crippen molar-refractivity contribution < 1.29 is 18.0 Å². The molecular weight excluding hydrogens is 481 g/mol. The second kappa shape index (κ2) is 9.38. The van der Waals surface area contributed by atoms with Gasteiger partial charge in [-0.3, -0.25) is 4.79 Å². The van der Waals surface area contributed by atoms with E-state index >= 15 is 0 Å². The molecule has 2 N–H and O–H groups in total. The van der Waals surface area contributed by atoms with E-state index in [9.17, 15) is 18.0 Å². The Bertz CT molecular complexity index is 1630. The maximum atomic E-state index is 13.0. The highest BCUT2D eigenvalue weighted by Crippen LogP contribution is 2.31. The van der Waals surface area contributed by atoms with E-state index < -0.39 is 17.6 Å². The molecule has 0 atom stereocenters. The SMILES string of the molecule is Cc1ccnc(Nc2nc(-c3cccc(C(=O)Nc4cccc(C(F)(F)F)c4)c3)nc3ccn(C)c23)c1. The molecule has 0 aliphatic heterocycles. The van der Waals surface area contributed by atoms with Crippen LogP contribution in [0.15, 0.2) is 79.1 Å². The number of aryl methyl sites for hydroxylation is 2. The number of hydrogen-bond donors (Lipinski definition) is 2. The van der Waals surface area contributed by atoms with Gasteiger partial charge in [0, 0.05) is 36.3 Å². The first kappa shape index (κ1) is 24.0. The summed E-state index contributed by atoms with van der Waals surface area (Å²) in [5.74, 6) is 0.998. The Balaban J connectivity index is 1.48. The number of alkyl halides is 3. The molecule has 1 amide bonds. The molecule has 10 heteroatoms. The van der Waals surface area contributed by atoms with Crippen molar-refractivity contribution in [2.75, 3.05) is 10.6 Å². The zero-order chi connectivity index (χ0) is 26.2. The molecule has 5 aromatic rings. The normalized spacial score (nSPS) is 11.5. The van der Waals surface area contributed by atoms with Crippen LogP contribution >= 0.6 is 0 Å². The molecule has 186 valence electrons. The number of pyridine rings is 1. The molecule has 0 aliphatic carbocycles. The molecule has 0 radical (unpaired) electrons. The number of carbonyl (C=O) groups excluding carboxylic acids is 1. The second-order valence-corrected chi connectivity index (χ2v) is 8.51. The van der Waals surface area contributed by atoms with Crippen LogP contribution in [-0.2, 0) is 13.2 Å². The Hall–Kier alpha value is -4.73. The van der Waals surface area contributed by atoms with Gasteiger partial charge < -0.3 is 15.2 Å². The maximum absolute atomic E-state index is 13.0. The summed E-state index contributed by atoms with van der Waals surface area (Å²) in [5.41, 5.74) is 2.54. The van der Waals surface area contributed by atoms with Crippen molar-refractivity contribution in [3.05, 3.63) is 95.8 Å². The Morgan fingerprint density at radius 2 is 1.78 bits per heavy atom. The molecule has 0 bridgehead atoms. The van der Waals surface area contributed by atoms with Gasteiger partial charge >= 0.3 is 6.18 Å². The van der Waals surface area contributed by atoms with Crippen molar-refractivity contribution in [3.8, 4) is 11.4 Å². The van der Waals surface area contributed by atoms with Crippen LogP contribution in [0.25, 0.3) is 22.4 Å². The third-order valence-electron chi connectivity index (χ3n) is 5.71. The van der Waals surface area contributed by atoms with Crippen molar-refractivity contribution in [1.82, 2.24) is 19.5 Å². The lowest BCUT2D eigenvalue weighted by Gasteiger charge is -2.12. The number of nitrogens with one attached hydrogen (secondary N) is 2. The van der Waals surface area contributed by atoms with Crippen LogP contribution < -0.4 is 10.6 Å². The highest BCUT2D eigenvalue weighted by Gasteiger charge is 2.30. The number of aromatic nitrogens is 4. The van der Waals surface area contributed by atoms with E-state index in [4.69, 9.17) is 4.98 Å². The monoisotopic (exact) mass is 502 g/mol. The molecule has 0 aliphatic rings. The number of hydrogen-bond acceptors (Lipinski definition) is 5. The van der Waals surface area contributed by atoms with Gasteiger partial charge in [-0.25, -0.2) is 15.0 Å². The number of halogens is 3. The zero-order valence-electron chi connectivity index (χ0n) is 19.8. The van der Waals surface area contributed by atoms with E-state index in [0.29, 0.717) is 28.5 Å². The molecule has 3 aromatic heterocycles. The molecule has 37 heavy (non-hydrogen) atoms. The summed E-state index contributed by atoms with van der Waals surface area (Å²) in [6, 6.07) is 16.8. The summed E-state index contributed by atoms with van der Waals surface area (Å²) >= 11 is 0. The highest BCUT2D eigenvalue weighted by atomic mass is 19.4. The highest BCUT2D eigenvalue weighted by molar-refractivity contribution is 6.05. The van der Waals surface area contributed by atoms with Gasteiger partial charge in [-0.05, 0) is 61.0 Å². The van der Waals surface area contributed by atoms with Crippen molar-refractivity contribution in [2.24, 2.45) is 7.05 Å². The van der Waals surface area contributed by atoms with E-state index in [1.54, 1.807) is 30.5 Å². The number of anilines is 3. The third-order valence-corrected chi connectivity index (χ3v) is 5.71. The molecule has 0 unspecified atom stereocenters. The Morgan fingerprint density at radius 1 is 0.973 bits per heavy atom. The predicted molar refractivity (Wildman–Crippen MR) is 136 cm³/mol. The molecule has 7 nitrogen and oxygen atoms in total. The van der Waals surface area contributed by atoms with Crippen molar-refractivity contribution in [3.63, 3.8) is 0 Å². The second-order valence-electron chi connectivity index (χ2n) is 8.51. The van der Waals surface area contributed by atoms with Crippen molar-refractivity contribution in [1.29, 1.82) is 0 Å². The lowest BCUT2D eigenvalue weighted by Crippen LogP contribution is -2.13. The first-order chi connectivity index (χ1) is 17.7. The molecule has 3 heterocycles. The predicted octanol–water partition coefficient (Wildman–Crippen LogP) is 6.35. The van der Waals surface area contributed by atoms with Crippen LogP contribution in [0.5, 0.6) is 0 Å². The molecule has 0 saturated heterocycles. The first-order valence-corrected chi connectivity index (χ1v) is 11.3. The van der Waals surface area contributed by atoms with E-state index in [2.05, 4.69) is 20.6 Å². The lowest BCUT2D eigenvalue weighted by atomic mass is 10.1. The summed E-state index contributed by atoms with van der Waals surface area (Å²) < 4.78 is 41.0. The maximum Gasteiger partial charge on any atom is 0.416 e. The number of amides is 1. The van der Waals surface area contributed by atoms with Crippen LogP contribution in [0, 0.1) is 6.92 Å². The van der Waals surface area contributed by atoms with Gasteiger partial charge in [-0.2, -0.15) is 13.2 Å². The zero-order valence-corrected chi connectivity index (χ0v) is 19.8. The van der Waals surface area contributed by atoms with E-state index in [1.165, 1.54) is 12.1 Å². The van der Waals surface area contributed by atoms with Crippen molar-refractivity contribution in [2.45, 2.75) is 13.1 Å². The fourth-order valence-corrected chi connectivity index (χ4v) is 3.91. The topological polar surface area (TPSA) is 84.7 Å². The standard InChI is InChI=1S/C27H21F3N6O/c1-16-9-11-31-22(13-16)34-25-23-21(10-12-36(23)2)33-24(35-25)17-5-3-6-18(14-17)26(37)32-20-8-4-7-19(15-20)27(28,29)30/h3-15H,1-2H3,(H,32,37)(H,31,33,34,35). The fraction of sp³-hybridized carbons (Fsp3) is 0.111. The van der Waals surface area contributed by atoms with E-state index in [0.717, 1.165) is 23.2 Å². The van der Waals surface area contributed by atoms with E-state index in [-0.39, 0.29) is 11.3 Å². The number of benzene rings is 2. The fourth-order valence-electron chi connectivity index (χ4n) is 3.91. The smallest absolute Gasteiger partial charge is 0.346 e. The summed E-state index contributed by atoms with van der Waals surface area (Å²) in [6.07, 6.45) is -0.931. The van der Waals surface area contributed by atoms with Gasteiger partial charge in [0.05, 0.1) is 11.1 Å². The molecule has 0 fully saturated rings. The Labute approximate surface area is 210 Å². The van der Waals surface area contributed by atoms with Gasteiger partial charge in [0.25, 0.3) is 5.91 Å². The number of carbonyl (C=O) groups is 1.